The van der Waals surface area contributed by atoms with Crippen molar-refractivity contribution in [1.82, 2.24) is 0 Å². The number of hydrogen-bond acceptors (Lipinski definition) is 1. The molecule has 364 valence electrons. The van der Waals surface area contributed by atoms with E-state index in [1.165, 1.54) is 137 Å². The number of benzene rings is 9. The van der Waals surface area contributed by atoms with Crippen molar-refractivity contribution in [2.45, 2.75) is 108 Å². The SMILES string of the molecule is CC(C)(C)c1ccc(C2(c3ccc(C(C)(C)C)cc3)c3ccccc3-c3c(N(c4ccc5c(c4)C4(CC6CCC4C6)c4ccccc4-5)c4ccccc4-c4cccc5c4C(C)(C)c4ccccc4-5)cccc32)cc1. The molecule has 1 nitrogen and oxygen atoms in total. The largest absolute Gasteiger partial charge is 0.309 e. The number of nitrogens with zero attached hydrogens (tertiary/aromatic N) is 1. The van der Waals surface area contributed by atoms with Gasteiger partial charge in [0.05, 0.1) is 16.8 Å². The maximum absolute atomic E-state index is 2.69. The molecule has 74 heavy (non-hydrogen) atoms. The molecule has 1 spiro atoms. The third kappa shape index (κ3) is 6.22. The first kappa shape index (κ1) is 45.4. The molecule has 0 aliphatic heterocycles. The van der Waals surface area contributed by atoms with Crippen molar-refractivity contribution < 1.29 is 0 Å². The number of para-hydroxylation sites is 1. The minimum atomic E-state index is -0.581. The minimum absolute atomic E-state index is 0.0251. The Morgan fingerprint density at radius 2 is 0.919 bits per heavy atom. The summed E-state index contributed by atoms with van der Waals surface area (Å²) in [5.41, 5.74) is 27.4. The lowest BCUT2D eigenvalue weighted by Crippen LogP contribution is -2.32. The zero-order chi connectivity index (χ0) is 50.5. The maximum atomic E-state index is 2.69. The van der Waals surface area contributed by atoms with Crippen LogP contribution in [0.15, 0.2) is 200 Å². The Kier molecular flexibility index (Phi) is 9.75. The molecular formula is C73H67N. The average molecular weight is 958 g/mol. The summed E-state index contributed by atoms with van der Waals surface area (Å²) >= 11 is 0. The minimum Gasteiger partial charge on any atom is -0.309 e. The molecule has 2 saturated carbocycles. The van der Waals surface area contributed by atoms with Gasteiger partial charge in [-0.2, -0.15) is 0 Å². The van der Waals surface area contributed by atoms with E-state index >= 15 is 0 Å². The van der Waals surface area contributed by atoms with Crippen LogP contribution in [0.3, 0.4) is 0 Å². The normalized spacial score (nSPS) is 19.9. The van der Waals surface area contributed by atoms with Gasteiger partial charge >= 0.3 is 0 Å². The fourth-order valence-electron chi connectivity index (χ4n) is 15.6. The van der Waals surface area contributed by atoms with Gasteiger partial charge in [0.1, 0.15) is 0 Å². The molecule has 2 bridgehead atoms. The number of rotatable bonds is 6. The van der Waals surface area contributed by atoms with E-state index in [1.54, 1.807) is 5.56 Å². The molecular weight excluding hydrogens is 891 g/mol. The lowest BCUT2D eigenvalue weighted by Gasteiger charge is -2.38. The summed E-state index contributed by atoms with van der Waals surface area (Å²) in [6, 6.07) is 78.4. The van der Waals surface area contributed by atoms with Crippen LogP contribution in [0, 0.1) is 11.8 Å². The average Bonchev–Trinajstić information content (AvgIpc) is 4.24. The quantitative estimate of drug-likeness (QED) is 0.161. The molecule has 9 aromatic rings. The van der Waals surface area contributed by atoms with Crippen molar-refractivity contribution in [1.29, 1.82) is 0 Å². The second kappa shape index (κ2) is 15.9. The summed E-state index contributed by atoms with van der Waals surface area (Å²) in [5.74, 6) is 1.44. The first-order valence-electron chi connectivity index (χ1n) is 27.5. The van der Waals surface area contributed by atoms with Crippen molar-refractivity contribution in [2.24, 2.45) is 11.8 Å². The van der Waals surface area contributed by atoms with Gasteiger partial charge in [0.25, 0.3) is 0 Å². The molecule has 2 fully saturated rings. The molecule has 3 unspecified atom stereocenters. The highest BCUT2D eigenvalue weighted by molar-refractivity contribution is 6.01. The van der Waals surface area contributed by atoms with E-state index in [2.05, 4.69) is 260 Å². The molecule has 0 aromatic heterocycles. The van der Waals surface area contributed by atoms with Crippen LogP contribution < -0.4 is 4.90 Å². The van der Waals surface area contributed by atoms with Gasteiger partial charge in [-0.05, 0) is 155 Å². The number of anilines is 3. The van der Waals surface area contributed by atoms with Crippen molar-refractivity contribution in [3.8, 4) is 44.5 Å². The maximum Gasteiger partial charge on any atom is 0.0714 e. The molecule has 3 atom stereocenters. The highest BCUT2D eigenvalue weighted by Gasteiger charge is 2.57. The summed E-state index contributed by atoms with van der Waals surface area (Å²) in [4.78, 5) is 2.69. The Morgan fingerprint density at radius 3 is 1.54 bits per heavy atom. The summed E-state index contributed by atoms with van der Waals surface area (Å²) in [6.45, 7) is 18.8. The van der Waals surface area contributed by atoms with E-state index in [0.717, 1.165) is 5.92 Å². The van der Waals surface area contributed by atoms with Crippen LogP contribution in [0.5, 0.6) is 0 Å². The zero-order valence-corrected chi connectivity index (χ0v) is 44.5. The lowest BCUT2D eigenvalue weighted by atomic mass is 9.66. The van der Waals surface area contributed by atoms with Crippen LogP contribution in [-0.2, 0) is 27.1 Å². The van der Waals surface area contributed by atoms with Crippen LogP contribution in [-0.4, -0.2) is 0 Å². The summed E-state index contributed by atoms with van der Waals surface area (Å²) in [5, 5.41) is 0. The van der Waals surface area contributed by atoms with Gasteiger partial charge in [0, 0.05) is 27.6 Å². The summed E-state index contributed by atoms with van der Waals surface area (Å²) in [7, 11) is 0. The number of fused-ring (bicyclic) bond motifs is 14. The predicted molar refractivity (Wildman–Crippen MR) is 310 cm³/mol. The molecule has 5 aliphatic carbocycles. The Morgan fingerprint density at radius 1 is 0.419 bits per heavy atom. The topological polar surface area (TPSA) is 3.24 Å². The zero-order valence-electron chi connectivity index (χ0n) is 44.5. The fourth-order valence-corrected chi connectivity index (χ4v) is 15.6. The van der Waals surface area contributed by atoms with E-state index in [0.29, 0.717) is 5.92 Å². The van der Waals surface area contributed by atoms with Crippen LogP contribution in [0.25, 0.3) is 44.5 Å². The van der Waals surface area contributed by atoms with Crippen LogP contribution in [0.4, 0.5) is 17.1 Å². The first-order chi connectivity index (χ1) is 35.7. The van der Waals surface area contributed by atoms with Gasteiger partial charge < -0.3 is 4.90 Å². The van der Waals surface area contributed by atoms with Crippen molar-refractivity contribution >= 4 is 17.1 Å². The van der Waals surface area contributed by atoms with Crippen molar-refractivity contribution in [3.63, 3.8) is 0 Å². The van der Waals surface area contributed by atoms with Gasteiger partial charge in [-0.15, -0.1) is 0 Å². The van der Waals surface area contributed by atoms with Gasteiger partial charge in [-0.25, -0.2) is 0 Å². The predicted octanol–water partition coefficient (Wildman–Crippen LogP) is 19.2. The lowest BCUT2D eigenvalue weighted by molar-refractivity contribution is 0.327. The molecule has 0 amide bonds. The van der Waals surface area contributed by atoms with Gasteiger partial charge in [0.2, 0.25) is 0 Å². The third-order valence-corrected chi connectivity index (χ3v) is 19.0. The van der Waals surface area contributed by atoms with Gasteiger partial charge in [0.15, 0.2) is 0 Å². The van der Waals surface area contributed by atoms with Crippen molar-refractivity contribution in [3.05, 3.63) is 256 Å². The monoisotopic (exact) mass is 958 g/mol. The Balaban J connectivity index is 1.06. The smallest absolute Gasteiger partial charge is 0.0714 e. The van der Waals surface area contributed by atoms with E-state index in [-0.39, 0.29) is 21.7 Å². The molecule has 0 N–H and O–H groups in total. The molecule has 5 aliphatic rings. The van der Waals surface area contributed by atoms with E-state index in [4.69, 9.17) is 0 Å². The molecule has 0 radical (unpaired) electrons. The highest BCUT2D eigenvalue weighted by Crippen LogP contribution is 2.67. The van der Waals surface area contributed by atoms with Crippen LogP contribution in [0.1, 0.15) is 137 Å². The molecule has 0 heterocycles. The van der Waals surface area contributed by atoms with E-state index in [9.17, 15) is 0 Å². The van der Waals surface area contributed by atoms with E-state index < -0.39 is 5.41 Å². The van der Waals surface area contributed by atoms with Gasteiger partial charge in [-0.1, -0.05) is 238 Å². The van der Waals surface area contributed by atoms with Crippen LogP contribution in [0.2, 0.25) is 0 Å². The molecule has 0 saturated heterocycles. The second-order valence-electron chi connectivity index (χ2n) is 25.2. The Bertz CT molecular complexity index is 3680. The number of hydrogen-bond donors (Lipinski definition) is 0. The standard InChI is InChI=1S/C73H67N/c1-69(2,3)47-33-37-49(38-34-47)73(50-39-35-48(36-40-50)70(4,5)6)62-27-15-11-22-59(62)67-63(73)28-18-30-66(67)74(52-41-42-55-53-19-10-14-26-61(53)72(64(55)44-52)45-46-31-32-51(72)43-46)65-29-16-12-21-56(65)58-24-17-23-57-54-20-9-13-25-60(54)71(7,8)68(57)58/h9-30,33-42,44,46,51H,31-32,43,45H2,1-8H3. The molecule has 9 aromatic carbocycles. The second-order valence-corrected chi connectivity index (χ2v) is 25.2. The molecule has 14 rings (SSSR count). The van der Waals surface area contributed by atoms with Crippen LogP contribution >= 0.6 is 0 Å². The summed E-state index contributed by atoms with van der Waals surface area (Å²) < 4.78 is 0. The van der Waals surface area contributed by atoms with Crippen molar-refractivity contribution in [2.75, 3.05) is 4.90 Å². The molecule has 1 heteroatoms. The fraction of sp³-hybridized carbons (Fsp3) is 0.260. The van der Waals surface area contributed by atoms with E-state index in [1.807, 2.05) is 0 Å². The third-order valence-electron chi connectivity index (χ3n) is 19.0. The Labute approximate surface area is 440 Å². The summed E-state index contributed by atoms with van der Waals surface area (Å²) in [6.07, 6.45) is 5.25. The Hall–Kier alpha value is -7.22. The highest BCUT2D eigenvalue weighted by atomic mass is 15.1. The first-order valence-corrected chi connectivity index (χ1v) is 27.5. The van der Waals surface area contributed by atoms with Gasteiger partial charge in [-0.3, -0.25) is 0 Å².